The molecule has 0 saturated carbocycles. The maximum absolute atomic E-state index is 12.3. The van der Waals surface area contributed by atoms with Crippen LogP contribution in [-0.4, -0.2) is 29.2 Å². The molecule has 1 amide bonds. The second kappa shape index (κ2) is 8.57. The fraction of sp³-hybridized carbons (Fsp3) is 0.0952. The fourth-order valence-corrected chi connectivity index (χ4v) is 2.80. The van der Waals surface area contributed by atoms with Crippen molar-refractivity contribution in [1.29, 1.82) is 0 Å². The molecule has 8 heteroatoms. The molecule has 0 unspecified atom stereocenters. The normalized spacial score (nSPS) is 10.3. The summed E-state index contributed by atoms with van der Waals surface area (Å²) in [5, 5.41) is 14.7. The van der Waals surface area contributed by atoms with E-state index < -0.39 is 5.97 Å². The number of aromatic carboxylic acids is 1. The lowest BCUT2D eigenvalue weighted by Gasteiger charge is -2.14. The maximum Gasteiger partial charge on any atom is 0.371 e. The van der Waals surface area contributed by atoms with E-state index in [4.69, 9.17) is 26.5 Å². The van der Waals surface area contributed by atoms with Gasteiger partial charge in [-0.25, -0.2) is 4.79 Å². The van der Waals surface area contributed by atoms with Gasteiger partial charge in [-0.3, -0.25) is 10.1 Å². The number of hydrogen-bond acceptors (Lipinski definition) is 5. The van der Waals surface area contributed by atoms with Gasteiger partial charge in [0.25, 0.3) is 5.91 Å². The summed E-state index contributed by atoms with van der Waals surface area (Å²) in [5.41, 5.74) is 2.64. The number of carboxylic acid groups (broad SMARTS) is 1. The Bertz CT molecular complexity index is 1070. The van der Waals surface area contributed by atoms with E-state index in [0.29, 0.717) is 28.3 Å². The minimum Gasteiger partial charge on any atom is -0.495 e. The van der Waals surface area contributed by atoms with Crippen LogP contribution >= 0.6 is 12.2 Å². The van der Waals surface area contributed by atoms with Gasteiger partial charge in [0, 0.05) is 11.1 Å². The number of ether oxygens (including phenoxy) is 1. The molecule has 1 aromatic heterocycles. The van der Waals surface area contributed by atoms with E-state index in [2.05, 4.69) is 10.6 Å². The van der Waals surface area contributed by atoms with Crippen LogP contribution in [0.5, 0.6) is 5.75 Å². The van der Waals surface area contributed by atoms with Crippen LogP contribution in [-0.2, 0) is 0 Å². The molecule has 1 heterocycles. The summed E-state index contributed by atoms with van der Waals surface area (Å²) in [6, 6.07) is 15.1. The van der Waals surface area contributed by atoms with E-state index >= 15 is 0 Å². The van der Waals surface area contributed by atoms with Crippen molar-refractivity contribution in [2.24, 2.45) is 0 Å². The first kappa shape index (κ1) is 20.1. The van der Waals surface area contributed by atoms with Crippen LogP contribution in [0.2, 0.25) is 0 Å². The standard InChI is InChI=1S/C21H18N2O5S/c1-12-3-5-13(6-4-12)19(24)23-21(29)22-15-11-14(7-8-17(15)27-2)16-9-10-18(28-16)20(25)26/h3-11H,1-2H3,(H,25,26)(H2,22,23,24,29). The number of carbonyl (C=O) groups is 2. The molecule has 3 rings (SSSR count). The molecule has 7 nitrogen and oxygen atoms in total. The zero-order valence-electron chi connectivity index (χ0n) is 15.7. The summed E-state index contributed by atoms with van der Waals surface area (Å²) in [6.45, 7) is 1.94. The SMILES string of the molecule is COc1ccc(-c2ccc(C(=O)O)o2)cc1NC(=S)NC(=O)c1ccc(C)cc1. The lowest BCUT2D eigenvalue weighted by atomic mass is 10.1. The zero-order valence-corrected chi connectivity index (χ0v) is 16.5. The first-order valence-electron chi connectivity index (χ1n) is 8.58. The van der Waals surface area contributed by atoms with Crippen molar-refractivity contribution >= 4 is 34.9 Å². The van der Waals surface area contributed by atoms with Crippen LogP contribution in [0.3, 0.4) is 0 Å². The van der Waals surface area contributed by atoms with Gasteiger partial charge in [-0.1, -0.05) is 17.7 Å². The minimum atomic E-state index is -1.15. The fourth-order valence-electron chi connectivity index (χ4n) is 2.60. The first-order valence-corrected chi connectivity index (χ1v) is 8.98. The van der Waals surface area contributed by atoms with E-state index in [1.807, 2.05) is 19.1 Å². The number of methoxy groups -OCH3 is 1. The molecule has 0 radical (unpaired) electrons. The van der Waals surface area contributed by atoms with Gasteiger partial charge >= 0.3 is 5.97 Å². The first-order chi connectivity index (χ1) is 13.9. The van der Waals surface area contributed by atoms with Crippen molar-refractivity contribution in [3.8, 4) is 17.1 Å². The van der Waals surface area contributed by atoms with Gasteiger partial charge in [0.15, 0.2) is 5.11 Å². The average Bonchev–Trinajstić information content (AvgIpc) is 3.19. The van der Waals surface area contributed by atoms with Crippen LogP contribution in [0.15, 0.2) is 59.0 Å². The van der Waals surface area contributed by atoms with Crippen molar-refractivity contribution in [3.05, 3.63) is 71.5 Å². The second-order valence-electron chi connectivity index (χ2n) is 6.16. The summed E-state index contributed by atoms with van der Waals surface area (Å²) in [7, 11) is 1.50. The molecule has 0 bridgehead atoms. The maximum atomic E-state index is 12.3. The Morgan fingerprint density at radius 3 is 2.41 bits per heavy atom. The Morgan fingerprint density at radius 2 is 1.79 bits per heavy atom. The third kappa shape index (κ3) is 4.80. The summed E-state index contributed by atoms with van der Waals surface area (Å²) < 4.78 is 10.6. The largest absolute Gasteiger partial charge is 0.495 e. The number of carboxylic acids is 1. The average molecular weight is 410 g/mol. The van der Waals surface area contributed by atoms with Gasteiger partial charge in [-0.2, -0.15) is 0 Å². The highest BCUT2D eigenvalue weighted by Gasteiger charge is 2.14. The molecular weight excluding hydrogens is 392 g/mol. The lowest BCUT2D eigenvalue weighted by Crippen LogP contribution is -2.34. The number of thiocarbonyl (C=S) groups is 1. The van der Waals surface area contributed by atoms with E-state index in [1.165, 1.54) is 13.2 Å². The highest BCUT2D eigenvalue weighted by molar-refractivity contribution is 7.80. The Balaban J connectivity index is 1.77. The Kier molecular flexibility index (Phi) is 5.94. The number of rotatable bonds is 5. The topological polar surface area (TPSA) is 101 Å². The number of amides is 1. The Morgan fingerprint density at radius 1 is 1.07 bits per heavy atom. The molecule has 0 atom stereocenters. The number of nitrogens with one attached hydrogen (secondary N) is 2. The molecule has 0 fully saturated rings. The molecular formula is C21H18N2O5S. The summed E-state index contributed by atoms with van der Waals surface area (Å²) in [5.74, 6) is -0.780. The number of benzene rings is 2. The number of anilines is 1. The smallest absolute Gasteiger partial charge is 0.371 e. The van der Waals surface area contributed by atoms with E-state index in [1.54, 1.807) is 36.4 Å². The monoisotopic (exact) mass is 410 g/mol. The number of furan rings is 1. The van der Waals surface area contributed by atoms with Crippen LogP contribution < -0.4 is 15.4 Å². The quantitative estimate of drug-likeness (QED) is 0.545. The van der Waals surface area contributed by atoms with Gasteiger partial charge < -0.3 is 19.6 Å². The highest BCUT2D eigenvalue weighted by atomic mass is 32.1. The van der Waals surface area contributed by atoms with Crippen LogP contribution in [0.25, 0.3) is 11.3 Å². The number of hydrogen-bond donors (Lipinski definition) is 3. The Hall–Kier alpha value is -3.65. The molecule has 29 heavy (non-hydrogen) atoms. The number of carbonyl (C=O) groups excluding carboxylic acids is 1. The third-order valence-corrected chi connectivity index (χ3v) is 4.29. The van der Waals surface area contributed by atoms with Gasteiger partial charge in [0.1, 0.15) is 11.5 Å². The Labute approximate surface area is 172 Å². The highest BCUT2D eigenvalue weighted by Crippen LogP contribution is 2.31. The molecule has 0 aliphatic heterocycles. The summed E-state index contributed by atoms with van der Waals surface area (Å²) in [4.78, 5) is 23.3. The predicted molar refractivity (Wildman–Crippen MR) is 113 cm³/mol. The van der Waals surface area contributed by atoms with Crippen LogP contribution in [0.1, 0.15) is 26.5 Å². The minimum absolute atomic E-state index is 0.0942. The number of aryl methyl sites for hydroxylation is 1. The molecule has 3 N–H and O–H groups in total. The molecule has 0 aliphatic rings. The molecule has 0 spiro atoms. The van der Waals surface area contributed by atoms with Crippen molar-refractivity contribution in [3.63, 3.8) is 0 Å². The van der Waals surface area contributed by atoms with Gasteiger partial charge in [0.05, 0.1) is 12.8 Å². The van der Waals surface area contributed by atoms with Crippen molar-refractivity contribution < 1.29 is 23.8 Å². The molecule has 2 aromatic carbocycles. The van der Waals surface area contributed by atoms with Gasteiger partial charge in [-0.15, -0.1) is 0 Å². The predicted octanol–water partition coefficient (Wildman–Crippen LogP) is 4.09. The van der Waals surface area contributed by atoms with Crippen molar-refractivity contribution in [2.75, 3.05) is 12.4 Å². The van der Waals surface area contributed by atoms with E-state index in [9.17, 15) is 9.59 Å². The van der Waals surface area contributed by atoms with E-state index in [-0.39, 0.29) is 16.8 Å². The molecule has 0 aliphatic carbocycles. The summed E-state index contributed by atoms with van der Waals surface area (Å²) >= 11 is 5.24. The molecule has 148 valence electrons. The summed E-state index contributed by atoms with van der Waals surface area (Å²) in [6.07, 6.45) is 0. The van der Waals surface area contributed by atoms with Gasteiger partial charge in [-0.05, 0) is 61.6 Å². The lowest BCUT2D eigenvalue weighted by molar-refractivity contribution is 0.0663. The molecule has 0 saturated heterocycles. The van der Waals surface area contributed by atoms with Crippen molar-refractivity contribution in [2.45, 2.75) is 6.92 Å². The second-order valence-corrected chi connectivity index (χ2v) is 6.57. The van der Waals surface area contributed by atoms with Crippen molar-refractivity contribution in [1.82, 2.24) is 5.32 Å². The zero-order chi connectivity index (χ0) is 21.0. The van der Waals surface area contributed by atoms with Crippen LogP contribution in [0.4, 0.5) is 5.69 Å². The van der Waals surface area contributed by atoms with Crippen LogP contribution in [0, 0.1) is 6.92 Å². The van der Waals surface area contributed by atoms with E-state index in [0.717, 1.165) is 5.56 Å². The molecule has 3 aromatic rings. The van der Waals surface area contributed by atoms with Gasteiger partial charge in [0.2, 0.25) is 5.76 Å². The third-order valence-electron chi connectivity index (χ3n) is 4.09.